The van der Waals surface area contributed by atoms with E-state index in [1.54, 1.807) is 0 Å². The Morgan fingerprint density at radius 2 is 1.85 bits per heavy atom. The zero-order valence-corrected chi connectivity index (χ0v) is 23.7. The molecule has 0 aromatic heterocycles. The van der Waals surface area contributed by atoms with Gasteiger partial charge in [0.1, 0.15) is 6.10 Å². The first-order chi connectivity index (χ1) is 19.1. The first-order valence-electron chi connectivity index (χ1n) is 13.9. The van der Waals surface area contributed by atoms with Crippen molar-refractivity contribution in [3.05, 3.63) is 60.2 Å². The minimum Gasteiger partial charge on any atom is -0.443 e. The summed E-state index contributed by atoms with van der Waals surface area (Å²) < 4.78 is 45.8. The van der Waals surface area contributed by atoms with Gasteiger partial charge < -0.3 is 30.4 Å². The lowest BCUT2D eigenvalue weighted by molar-refractivity contribution is -0.147. The number of rotatable bonds is 11. The van der Waals surface area contributed by atoms with Gasteiger partial charge in [-0.25, -0.2) is 13.2 Å². The van der Waals surface area contributed by atoms with Crippen LogP contribution < -0.4 is 11.1 Å². The van der Waals surface area contributed by atoms with Crippen LogP contribution in [0.5, 0.6) is 0 Å². The highest BCUT2D eigenvalue weighted by atomic mass is 32.2. The molecule has 1 amide bonds. The van der Waals surface area contributed by atoms with E-state index < -0.39 is 34.4 Å². The number of aliphatic hydroxyl groups is 1. The van der Waals surface area contributed by atoms with Gasteiger partial charge in [0, 0.05) is 24.7 Å². The molecule has 218 valence electrons. The number of nitrogens with two attached hydrogens (primary N) is 1. The molecule has 0 radical (unpaired) electrons. The lowest BCUT2D eigenvalue weighted by atomic mass is 9.80. The predicted octanol–water partition coefficient (Wildman–Crippen LogP) is 2.76. The quantitative estimate of drug-likeness (QED) is 0.349. The number of amides is 1. The first kappa shape index (κ1) is 28.8. The molecule has 1 unspecified atom stereocenters. The Morgan fingerprint density at radius 1 is 1.12 bits per heavy atom. The molecule has 2 aromatic rings. The number of hydrogen-bond donors (Lipinski definition) is 3. The van der Waals surface area contributed by atoms with Crippen LogP contribution in [0.25, 0.3) is 0 Å². The Kier molecular flexibility index (Phi) is 8.67. The van der Waals surface area contributed by atoms with Gasteiger partial charge in [0.15, 0.2) is 6.29 Å². The summed E-state index contributed by atoms with van der Waals surface area (Å²) in [6, 6.07) is 14.6. The second kappa shape index (κ2) is 12.0. The predicted molar refractivity (Wildman–Crippen MR) is 149 cm³/mol. The molecule has 3 fully saturated rings. The summed E-state index contributed by atoms with van der Waals surface area (Å²) in [6.45, 7) is 4.41. The minimum absolute atomic E-state index is 0.00195. The summed E-state index contributed by atoms with van der Waals surface area (Å²) in [5.74, 6) is 0.660. The molecule has 7 atom stereocenters. The summed E-state index contributed by atoms with van der Waals surface area (Å²) in [6.07, 6.45) is -0.919. The maximum absolute atomic E-state index is 13.6. The number of aliphatic hydroxyl groups excluding tert-OH is 1. The van der Waals surface area contributed by atoms with Crippen LogP contribution in [-0.2, 0) is 30.7 Å². The van der Waals surface area contributed by atoms with E-state index >= 15 is 0 Å². The van der Waals surface area contributed by atoms with Crippen molar-refractivity contribution in [3.8, 4) is 0 Å². The summed E-state index contributed by atoms with van der Waals surface area (Å²) in [7, 11) is -3.93. The van der Waals surface area contributed by atoms with Crippen molar-refractivity contribution in [1.29, 1.82) is 0 Å². The van der Waals surface area contributed by atoms with Crippen LogP contribution in [0.4, 0.5) is 10.5 Å². The van der Waals surface area contributed by atoms with Crippen LogP contribution in [0.15, 0.2) is 59.5 Å². The normalized spacial score (nSPS) is 27.1. The third-order valence-electron chi connectivity index (χ3n) is 7.99. The fourth-order valence-electron chi connectivity index (χ4n) is 5.96. The number of carbonyl (C=O) groups excluding carboxylic acids is 1. The van der Waals surface area contributed by atoms with Crippen LogP contribution >= 0.6 is 0 Å². The van der Waals surface area contributed by atoms with E-state index in [4.69, 9.17) is 19.9 Å². The van der Waals surface area contributed by atoms with Crippen molar-refractivity contribution in [2.75, 3.05) is 25.4 Å². The van der Waals surface area contributed by atoms with Gasteiger partial charge in [-0.2, -0.15) is 4.31 Å². The Labute approximate surface area is 235 Å². The SMILES string of the molecule is CC(C)CN(C[C@@H](O)[C@H](Cc1ccccc1)NC(=O)O[C@H]1C[C@H]2CO[C@H]3OC1C[C@@H]23)S(=O)(=O)c1ccc(N)cc1. The van der Waals surface area contributed by atoms with Crippen LogP contribution in [0, 0.1) is 17.8 Å². The number of hydrogen-bond acceptors (Lipinski definition) is 8. The van der Waals surface area contributed by atoms with E-state index in [0.717, 1.165) is 12.0 Å². The number of sulfonamides is 1. The van der Waals surface area contributed by atoms with Crippen LogP contribution in [-0.4, -0.2) is 74.3 Å². The summed E-state index contributed by atoms with van der Waals surface area (Å²) >= 11 is 0. The fourth-order valence-corrected chi connectivity index (χ4v) is 7.58. The Balaban J connectivity index is 1.31. The summed E-state index contributed by atoms with van der Waals surface area (Å²) in [4.78, 5) is 13.2. The van der Waals surface area contributed by atoms with E-state index in [-0.39, 0.29) is 36.3 Å². The number of fused-ring (bicyclic) bond motifs is 1. The van der Waals surface area contributed by atoms with Gasteiger partial charge in [-0.3, -0.25) is 0 Å². The first-order valence-corrected chi connectivity index (χ1v) is 15.4. The number of ether oxygens (including phenoxy) is 3. The van der Waals surface area contributed by atoms with Crippen LogP contribution in [0.3, 0.4) is 0 Å². The van der Waals surface area contributed by atoms with Gasteiger partial charge in [0.25, 0.3) is 0 Å². The van der Waals surface area contributed by atoms with Crippen molar-refractivity contribution in [2.45, 2.75) is 68.6 Å². The number of nitrogens with one attached hydrogen (secondary N) is 1. The second-order valence-electron chi connectivity index (χ2n) is 11.5. The van der Waals surface area contributed by atoms with Crippen molar-refractivity contribution in [1.82, 2.24) is 9.62 Å². The average molecular weight is 574 g/mol. The molecule has 2 aliphatic heterocycles. The number of nitrogen functional groups attached to an aromatic ring is 1. The Morgan fingerprint density at radius 3 is 2.55 bits per heavy atom. The third kappa shape index (κ3) is 6.44. The highest BCUT2D eigenvalue weighted by Crippen LogP contribution is 2.47. The molecule has 0 spiro atoms. The van der Waals surface area contributed by atoms with Crippen molar-refractivity contribution >= 4 is 21.8 Å². The third-order valence-corrected chi connectivity index (χ3v) is 9.84. The molecule has 5 rings (SSSR count). The zero-order chi connectivity index (χ0) is 28.4. The topological polar surface area (TPSA) is 140 Å². The molecule has 40 heavy (non-hydrogen) atoms. The minimum atomic E-state index is -3.93. The Hall–Kier alpha value is -2.70. The largest absolute Gasteiger partial charge is 0.443 e. The number of benzene rings is 2. The summed E-state index contributed by atoms with van der Waals surface area (Å²) in [5.41, 5.74) is 7.10. The van der Waals surface area contributed by atoms with E-state index in [2.05, 4.69) is 5.32 Å². The monoisotopic (exact) mass is 573 g/mol. The molecule has 1 aliphatic carbocycles. The van der Waals surface area contributed by atoms with E-state index in [1.807, 2.05) is 44.2 Å². The second-order valence-corrected chi connectivity index (χ2v) is 13.4. The molecule has 4 N–H and O–H groups in total. The van der Waals surface area contributed by atoms with Crippen molar-refractivity contribution in [2.24, 2.45) is 17.8 Å². The molecular formula is C29H39N3O7S. The molecule has 1 saturated carbocycles. The lowest BCUT2D eigenvalue weighted by Crippen LogP contribution is -2.52. The standard InChI is InChI=1S/C29H39N3O7S/c1-18(2)15-32(40(35,36)22-10-8-21(30)9-11-22)16-25(33)24(12-19-6-4-3-5-7-19)31-29(34)39-26-13-20-17-37-28-23(20)14-27(26)38-28/h3-11,18,20,23-28,33H,12-17,30H2,1-2H3,(H,31,34)/t20-,23-,24-,25+,26-,27?,28-/m0/s1. The molecule has 2 aromatic carbocycles. The highest BCUT2D eigenvalue weighted by molar-refractivity contribution is 7.89. The number of anilines is 1. The van der Waals surface area contributed by atoms with Crippen LogP contribution in [0.1, 0.15) is 32.3 Å². The van der Waals surface area contributed by atoms with E-state index in [0.29, 0.717) is 37.0 Å². The number of carbonyl (C=O) groups is 1. The zero-order valence-electron chi connectivity index (χ0n) is 22.9. The highest BCUT2D eigenvalue weighted by Gasteiger charge is 2.54. The molecule has 2 heterocycles. The smallest absolute Gasteiger partial charge is 0.407 e. The van der Waals surface area contributed by atoms with Gasteiger partial charge in [0.05, 0.1) is 29.8 Å². The molecule has 3 aliphatic rings. The maximum atomic E-state index is 13.6. The van der Waals surface area contributed by atoms with Gasteiger partial charge in [-0.1, -0.05) is 44.2 Å². The molecule has 11 heteroatoms. The number of nitrogens with zero attached hydrogens (tertiary/aromatic N) is 1. The van der Waals surface area contributed by atoms with Crippen LogP contribution in [0.2, 0.25) is 0 Å². The van der Waals surface area contributed by atoms with Gasteiger partial charge in [0.2, 0.25) is 10.0 Å². The van der Waals surface area contributed by atoms with E-state index in [1.165, 1.54) is 28.6 Å². The van der Waals surface area contributed by atoms with Crippen molar-refractivity contribution < 1.29 is 32.5 Å². The summed E-state index contributed by atoms with van der Waals surface area (Å²) in [5, 5.41) is 14.3. The molecular weight excluding hydrogens is 534 g/mol. The average Bonchev–Trinajstić information content (AvgIpc) is 3.47. The van der Waals surface area contributed by atoms with Gasteiger partial charge >= 0.3 is 6.09 Å². The lowest BCUT2D eigenvalue weighted by Gasteiger charge is -2.33. The van der Waals surface area contributed by atoms with Gasteiger partial charge in [-0.05, 0) is 60.9 Å². The Bertz CT molecular complexity index is 1260. The number of alkyl carbamates (subject to hydrolysis) is 1. The fraction of sp³-hybridized carbons (Fsp3) is 0.552. The molecule has 10 nitrogen and oxygen atoms in total. The molecule has 2 saturated heterocycles. The van der Waals surface area contributed by atoms with Crippen molar-refractivity contribution in [3.63, 3.8) is 0 Å². The van der Waals surface area contributed by atoms with E-state index in [9.17, 15) is 18.3 Å². The molecule has 2 bridgehead atoms. The maximum Gasteiger partial charge on any atom is 0.407 e. The van der Waals surface area contributed by atoms with Gasteiger partial charge in [-0.15, -0.1) is 0 Å².